The van der Waals surface area contributed by atoms with E-state index in [1.165, 1.54) is 17.8 Å². The Bertz CT molecular complexity index is 579. The number of hydrogen-bond acceptors (Lipinski definition) is 7. The molecule has 0 fully saturated rings. The first-order chi connectivity index (χ1) is 9.22. The third kappa shape index (κ3) is 3.18. The zero-order valence-electron chi connectivity index (χ0n) is 9.81. The summed E-state index contributed by atoms with van der Waals surface area (Å²) in [6.07, 6.45) is 3.29. The van der Waals surface area contributed by atoms with Crippen molar-refractivity contribution >= 4 is 23.1 Å². The Morgan fingerprint density at radius 3 is 2.68 bits per heavy atom. The fourth-order valence-electron chi connectivity index (χ4n) is 1.53. The molecule has 1 aromatic carbocycles. The maximum atomic E-state index is 10.9. The van der Waals surface area contributed by atoms with E-state index in [1.54, 1.807) is 30.6 Å². The molecule has 0 amide bonds. The number of aromatic nitrogens is 2. The predicted molar refractivity (Wildman–Crippen MR) is 72.5 cm³/mol. The number of nitrogens with two attached hydrogens (primary N) is 1. The Kier molecular flexibility index (Phi) is 4.26. The van der Waals surface area contributed by atoms with Gasteiger partial charge in [-0.05, 0) is 11.6 Å². The normalized spacial score (nSPS) is 10.2. The zero-order chi connectivity index (χ0) is 13.7. The average Bonchev–Trinajstić information content (AvgIpc) is 2.45. The Hall–Kier alpha value is -2.19. The lowest BCUT2D eigenvalue weighted by Gasteiger charge is -2.08. The first kappa shape index (κ1) is 13.2. The van der Waals surface area contributed by atoms with Gasteiger partial charge in [-0.3, -0.25) is 16.0 Å². The van der Waals surface area contributed by atoms with Crippen molar-refractivity contribution in [2.24, 2.45) is 5.84 Å². The maximum absolute atomic E-state index is 10.9. The first-order valence-corrected chi connectivity index (χ1v) is 6.33. The molecule has 1 aromatic heterocycles. The fourth-order valence-corrected chi connectivity index (χ4v) is 2.32. The van der Waals surface area contributed by atoms with Crippen LogP contribution in [0.3, 0.4) is 0 Å². The highest BCUT2D eigenvalue weighted by Gasteiger charge is 2.16. The fraction of sp³-hybridized carbons (Fsp3) is 0.0909. The van der Waals surface area contributed by atoms with E-state index < -0.39 is 4.92 Å². The topological polar surface area (TPSA) is 107 Å². The minimum atomic E-state index is -0.470. The molecule has 8 heteroatoms. The number of rotatable bonds is 5. The Labute approximate surface area is 113 Å². The molecule has 2 rings (SSSR count). The van der Waals surface area contributed by atoms with Crippen LogP contribution < -0.4 is 11.3 Å². The Balaban J connectivity index is 2.21. The smallest absolute Gasteiger partial charge is 0.293 e. The van der Waals surface area contributed by atoms with Gasteiger partial charge in [-0.15, -0.1) is 0 Å². The summed E-state index contributed by atoms with van der Waals surface area (Å²) < 4.78 is 0. The molecule has 0 aliphatic carbocycles. The molecule has 0 saturated heterocycles. The molecule has 0 unspecified atom stereocenters. The SMILES string of the molecule is NNc1c(CSc2ncccn2)cccc1[N+](=O)[O-]. The molecule has 19 heavy (non-hydrogen) atoms. The van der Waals surface area contributed by atoms with Gasteiger partial charge in [-0.25, -0.2) is 9.97 Å². The van der Waals surface area contributed by atoms with E-state index in [4.69, 9.17) is 5.84 Å². The number of hydrazine groups is 1. The summed E-state index contributed by atoms with van der Waals surface area (Å²) in [5.41, 5.74) is 3.39. The summed E-state index contributed by atoms with van der Waals surface area (Å²) in [6.45, 7) is 0. The van der Waals surface area contributed by atoms with Gasteiger partial charge in [0.1, 0.15) is 5.69 Å². The van der Waals surface area contributed by atoms with E-state index >= 15 is 0 Å². The van der Waals surface area contributed by atoms with Crippen molar-refractivity contribution < 1.29 is 4.92 Å². The van der Waals surface area contributed by atoms with Crippen LogP contribution in [-0.2, 0) is 5.75 Å². The predicted octanol–water partition coefficient (Wildman–Crippen LogP) is 1.96. The summed E-state index contributed by atoms with van der Waals surface area (Å²) in [4.78, 5) is 18.6. The second-order valence-corrected chi connectivity index (χ2v) is 4.48. The van der Waals surface area contributed by atoms with Crippen molar-refractivity contribution in [3.63, 3.8) is 0 Å². The summed E-state index contributed by atoms with van der Waals surface area (Å²) in [6, 6.07) is 6.53. The molecular weight excluding hydrogens is 266 g/mol. The van der Waals surface area contributed by atoms with Gasteiger partial charge in [0.25, 0.3) is 5.69 Å². The second kappa shape index (κ2) is 6.12. The Morgan fingerprint density at radius 2 is 2.05 bits per heavy atom. The summed E-state index contributed by atoms with van der Waals surface area (Å²) >= 11 is 1.38. The third-order valence-corrected chi connectivity index (χ3v) is 3.29. The third-order valence-electron chi connectivity index (χ3n) is 2.37. The molecule has 0 saturated carbocycles. The highest BCUT2D eigenvalue weighted by molar-refractivity contribution is 7.98. The van der Waals surface area contributed by atoms with Crippen molar-refractivity contribution in [1.82, 2.24) is 9.97 Å². The van der Waals surface area contributed by atoms with Crippen LogP contribution >= 0.6 is 11.8 Å². The molecule has 2 aromatic rings. The number of nitrogens with one attached hydrogen (secondary N) is 1. The van der Waals surface area contributed by atoms with Gasteiger partial charge >= 0.3 is 0 Å². The number of benzene rings is 1. The lowest BCUT2D eigenvalue weighted by atomic mass is 10.2. The van der Waals surface area contributed by atoms with Crippen molar-refractivity contribution in [1.29, 1.82) is 0 Å². The quantitative estimate of drug-likeness (QED) is 0.283. The van der Waals surface area contributed by atoms with Gasteiger partial charge in [0, 0.05) is 24.2 Å². The van der Waals surface area contributed by atoms with Crippen LogP contribution in [0.5, 0.6) is 0 Å². The van der Waals surface area contributed by atoms with E-state index in [0.717, 1.165) is 5.56 Å². The molecule has 3 N–H and O–H groups in total. The van der Waals surface area contributed by atoms with Crippen LogP contribution in [0.1, 0.15) is 5.56 Å². The molecule has 0 bridgehead atoms. The van der Waals surface area contributed by atoms with Crippen LogP contribution in [0.25, 0.3) is 0 Å². The molecule has 7 nitrogen and oxygen atoms in total. The van der Waals surface area contributed by atoms with Gasteiger partial charge in [0.05, 0.1) is 4.92 Å². The summed E-state index contributed by atoms with van der Waals surface area (Å²) in [5, 5.41) is 11.5. The van der Waals surface area contributed by atoms with E-state index in [1.807, 2.05) is 0 Å². The van der Waals surface area contributed by atoms with Crippen molar-refractivity contribution in [3.8, 4) is 0 Å². The minimum Gasteiger partial charge on any atom is -0.318 e. The number of nitro groups is 1. The number of nitro benzene ring substituents is 1. The van der Waals surface area contributed by atoms with E-state index in [0.29, 0.717) is 16.6 Å². The van der Waals surface area contributed by atoms with Gasteiger partial charge < -0.3 is 5.43 Å². The standard InChI is InChI=1S/C11H11N5O2S/c12-15-10-8(3-1-4-9(10)16(17)18)7-19-11-13-5-2-6-14-11/h1-6,15H,7,12H2. The molecule has 0 aliphatic heterocycles. The lowest BCUT2D eigenvalue weighted by molar-refractivity contribution is -0.384. The van der Waals surface area contributed by atoms with Gasteiger partial charge in [0.15, 0.2) is 5.16 Å². The number of thioether (sulfide) groups is 1. The van der Waals surface area contributed by atoms with Crippen LogP contribution in [0.15, 0.2) is 41.8 Å². The first-order valence-electron chi connectivity index (χ1n) is 5.35. The molecule has 0 aliphatic rings. The summed E-state index contributed by atoms with van der Waals surface area (Å²) in [7, 11) is 0. The number of hydrogen-bond donors (Lipinski definition) is 2. The average molecular weight is 277 g/mol. The van der Waals surface area contributed by atoms with Gasteiger partial charge in [0.2, 0.25) is 0 Å². The number of nitrogens with zero attached hydrogens (tertiary/aromatic N) is 3. The molecule has 0 radical (unpaired) electrons. The van der Waals surface area contributed by atoms with E-state index in [2.05, 4.69) is 15.4 Å². The number of para-hydroxylation sites is 1. The van der Waals surface area contributed by atoms with E-state index in [9.17, 15) is 10.1 Å². The zero-order valence-corrected chi connectivity index (χ0v) is 10.6. The van der Waals surface area contributed by atoms with Crippen molar-refractivity contribution in [2.45, 2.75) is 10.9 Å². The van der Waals surface area contributed by atoms with Crippen molar-refractivity contribution in [3.05, 3.63) is 52.3 Å². The lowest BCUT2D eigenvalue weighted by Crippen LogP contribution is -2.11. The van der Waals surface area contributed by atoms with E-state index in [-0.39, 0.29) is 5.69 Å². The molecule has 98 valence electrons. The largest absolute Gasteiger partial charge is 0.318 e. The monoisotopic (exact) mass is 277 g/mol. The van der Waals surface area contributed by atoms with Crippen LogP contribution in [0, 0.1) is 10.1 Å². The van der Waals surface area contributed by atoms with Crippen molar-refractivity contribution in [2.75, 3.05) is 5.43 Å². The van der Waals surface area contributed by atoms with Crippen LogP contribution in [0.4, 0.5) is 11.4 Å². The van der Waals surface area contributed by atoms with Gasteiger partial charge in [-0.1, -0.05) is 23.9 Å². The highest BCUT2D eigenvalue weighted by atomic mass is 32.2. The Morgan fingerprint density at radius 1 is 1.32 bits per heavy atom. The number of anilines is 1. The minimum absolute atomic E-state index is 0.0467. The maximum Gasteiger partial charge on any atom is 0.293 e. The number of nitrogen functional groups attached to an aromatic ring is 1. The molecular formula is C11H11N5O2S. The molecule has 0 spiro atoms. The highest BCUT2D eigenvalue weighted by Crippen LogP contribution is 2.31. The molecule has 0 atom stereocenters. The van der Waals surface area contributed by atoms with Gasteiger partial charge in [-0.2, -0.15) is 0 Å². The second-order valence-electron chi connectivity index (χ2n) is 3.53. The summed E-state index contributed by atoms with van der Waals surface area (Å²) in [5.74, 6) is 5.85. The van der Waals surface area contributed by atoms with Crippen LogP contribution in [-0.4, -0.2) is 14.9 Å². The van der Waals surface area contributed by atoms with Crippen LogP contribution in [0.2, 0.25) is 0 Å². The molecule has 1 heterocycles.